The Kier molecular flexibility index (Phi) is 9.25. The van der Waals surface area contributed by atoms with E-state index >= 15 is 0 Å². The lowest BCUT2D eigenvalue weighted by atomic mass is 10.0. The molecule has 2 aromatic heterocycles. The molecule has 31 heavy (non-hydrogen) atoms. The molecule has 0 spiro atoms. The van der Waals surface area contributed by atoms with E-state index < -0.39 is 5.60 Å². The molecule has 1 atom stereocenters. The van der Waals surface area contributed by atoms with Crippen LogP contribution in [0.25, 0.3) is 0 Å². The summed E-state index contributed by atoms with van der Waals surface area (Å²) in [6.45, 7) is 4.73. The number of halogens is 2. The number of rotatable bonds is 8. The Morgan fingerprint density at radius 1 is 1.23 bits per heavy atom. The van der Waals surface area contributed by atoms with Crippen LogP contribution in [0.2, 0.25) is 0 Å². The van der Waals surface area contributed by atoms with Crippen LogP contribution >= 0.6 is 24.0 Å². The van der Waals surface area contributed by atoms with Crippen LogP contribution < -0.4 is 15.4 Å². The molecule has 0 fully saturated rings. The molecule has 0 saturated carbocycles. The van der Waals surface area contributed by atoms with Gasteiger partial charge in [0.25, 0.3) is 0 Å². The first-order chi connectivity index (χ1) is 14.5. The van der Waals surface area contributed by atoms with Crippen LogP contribution in [0.4, 0.5) is 4.39 Å². The zero-order valence-electron chi connectivity index (χ0n) is 17.3. The van der Waals surface area contributed by atoms with E-state index in [1.54, 1.807) is 43.5 Å². The minimum Gasteiger partial charge on any atom is -0.466 e. The molecule has 1 unspecified atom stereocenters. The van der Waals surface area contributed by atoms with Crippen molar-refractivity contribution >= 4 is 29.9 Å². The topological polar surface area (TPSA) is 91.9 Å². The van der Waals surface area contributed by atoms with Crippen molar-refractivity contribution in [1.29, 1.82) is 0 Å². The summed E-state index contributed by atoms with van der Waals surface area (Å²) in [5.41, 5.74) is -0.462. The standard InChI is InChI=1S/C22H25FN4O3.HI/c1-3-24-21(27-15-22(2,28)19-10-6-12-29-19)26-14-16-7-5-11-25-20(16)30-18-9-4-8-17(23)13-18;/h4-13,28H,3,14-15H2,1-2H3,(H2,24,26,27);1H. The summed E-state index contributed by atoms with van der Waals surface area (Å²) in [6, 6.07) is 12.9. The third-order valence-electron chi connectivity index (χ3n) is 4.26. The van der Waals surface area contributed by atoms with Crippen molar-refractivity contribution < 1.29 is 18.7 Å². The predicted molar refractivity (Wildman–Crippen MR) is 127 cm³/mol. The summed E-state index contributed by atoms with van der Waals surface area (Å²) in [5.74, 6) is 1.31. The SMILES string of the molecule is CCNC(=NCc1cccnc1Oc1cccc(F)c1)NCC(C)(O)c1ccco1.I. The number of nitrogens with zero attached hydrogens (tertiary/aromatic N) is 2. The number of benzene rings is 1. The van der Waals surface area contributed by atoms with Crippen molar-refractivity contribution in [2.24, 2.45) is 4.99 Å². The predicted octanol–water partition coefficient (Wildman–Crippen LogP) is 4.19. The van der Waals surface area contributed by atoms with E-state index in [4.69, 9.17) is 9.15 Å². The summed E-state index contributed by atoms with van der Waals surface area (Å²) in [6.07, 6.45) is 3.12. The van der Waals surface area contributed by atoms with Gasteiger partial charge >= 0.3 is 0 Å². The number of hydrogen-bond acceptors (Lipinski definition) is 5. The van der Waals surface area contributed by atoms with Crippen LogP contribution in [0, 0.1) is 5.82 Å². The van der Waals surface area contributed by atoms with E-state index in [1.807, 2.05) is 13.0 Å². The van der Waals surface area contributed by atoms with Gasteiger partial charge in [0.1, 0.15) is 22.9 Å². The molecule has 3 rings (SSSR count). The van der Waals surface area contributed by atoms with Crippen LogP contribution in [0.1, 0.15) is 25.2 Å². The van der Waals surface area contributed by atoms with E-state index in [9.17, 15) is 9.50 Å². The summed E-state index contributed by atoms with van der Waals surface area (Å²) in [5, 5.41) is 16.9. The molecule has 0 amide bonds. The molecule has 9 heteroatoms. The van der Waals surface area contributed by atoms with Crippen LogP contribution in [0.3, 0.4) is 0 Å². The molecule has 0 saturated heterocycles. The van der Waals surface area contributed by atoms with Crippen LogP contribution in [-0.4, -0.2) is 29.1 Å². The van der Waals surface area contributed by atoms with Gasteiger partial charge in [0.15, 0.2) is 5.96 Å². The third kappa shape index (κ3) is 7.21. The van der Waals surface area contributed by atoms with Gasteiger partial charge in [-0.15, -0.1) is 24.0 Å². The maximum atomic E-state index is 13.4. The monoisotopic (exact) mass is 540 g/mol. The van der Waals surface area contributed by atoms with Crippen LogP contribution in [0.15, 0.2) is 70.4 Å². The summed E-state index contributed by atoms with van der Waals surface area (Å²) in [7, 11) is 0. The number of furan rings is 1. The van der Waals surface area contributed by atoms with E-state index in [0.717, 1.165) is 5.56 Å². The van der Waals surface area contributed by atoms with Gasteiger partial charge in [0.05, 0.1) is 19.4 Å². The molecule has 0 aliphatic carbocycles. The first kappa shape index (κ1) is 24.6. The van der Waals surface area contributed by atoms with E-state index in [2.05, 4.69) is 20.6 Å². The highest BCUT2D eigenvalue weighted by Gasteiger charge is 2.26. The molecule has 166 valence electrons. The number of aromatic nitrogens is 1. The second-order valence-corrected chi connectivity index (χ2v) is 6.83. The van der Waals surface area contributed by atoms with Crippen molar-refractivity contribution in [3.63, 3.8) is 0 Å². The van der Waals surface area contributed by atoms with E-state index in [-0.39, 0.29) is 42.9 Å². The number of guanidine groups is 1. The fourth-order valence-electron chi connectivity index (χ4n) is 2.71. The zero-order valence-corrected chi connectivity index (χ0v) is 19.7. The Bertz CT molecular complexity index is 980. The largest absolute Gasteiger partial charge is 0.466 e. The Morgan fingerprint density at radius 2 is 2.06 bits per heavy atom. The first-order valence-corrected chi connectivity index (χ1v) is 9.64. The van der Waals surface area contributed by atoms with Gasteiger partial charge in [-0.1, -0.05) is 12.1 Å². The summed E-state index contributed by atoms with van der Waals surface area (Å²) < 4.78 is 24.5. The van der Waals surface area contributed by atoms with Gasteiger partial charge in [-0.2, -0.15) is 0 Å². The van der Waals surface area contributed by atoms with Crippen molar-refractivity contribution in [2.75, 3.05) is 13.1 Å². The molecule has 0 aliphatic heterocycles. The lowest BCUT2D eigenvalue weighted by Crippen LogP contribution is -2.44. The fourth-order valence-corrected chi connectivity index (χ4v) is 2.71. The van der Waals surface area contributed by atoms with Crippen LogP contribution in [-0.2, 0) is 12.1 Å². The smallest absolute Gasteiger partial charge is 0.224 e. The average Bonchev–Trinajstić information content (AvgIpc) is 3.27. The van der Waals surface area contributed by atoms with Gasteiger partial charge in [0.2, 0.25) is 5.88 Å². The molecule has 3 aromatic rings. The maximum absolute atomic E-state index is 13.4. The van der Waals surface area contributed by atoms with Crippen molar-refractivity contribution in [1.82, 2.24) is 15.6 Å². The molecular weight excluding hydrogens is 514 g/mol. The second-order valence-electron chi connectivity index (χ2n) is 6.83. The summed E-state index contributed by atoms with van der Waals surface area (Å²) >= 11 is 0. The fraction of sp³-hybridized carbons (Fsp3) is 0.273. The minimum atomic E-state index is -1.19. The Hall–Kier alpha value is -2.66. The minimum absolute atomic E-state index is 0. The lowest BCUT2D eigenvalue weighted by Gasteiger charge is -2.22. The van der Waals surface area contributed by atoms with Crippen LogP contribution in [0.5, 0.6) is 11.6 Å². The molecule has 2 heterocycles. The molecule has 0 radical (unpaired) electrons. The molecule has 3 N–H and O–H groups in total. The quantitative estimate of drug-likeness (QED) is 0.226. The average molecular weight is 540 g/mol. The Morgan fingerprint density at radius 3 is 2.77 bits per heavy atom. The van der Waals surface area contributed by atoms with E-state index in [1.165, 1.54) is 18.4 Å². The van der Waals surface area contributed by atoms with Gasteiger partial charge in [-0.3, -0.25) is 0 Å². The molecule has 1 aromatic carbocycles. The van der Waals surface area contributed by atoms with Crippen molar-refractivity contribution in [2.45, 2.75) is 26.0 Å². The number of hydrogen-bond donors (Lipinski definition) is 3. The highest BCUT2D eigenvalue weighted by atomic mass is 127. The molecule has 0 bridgehead atoms. The second kappa shape index (κ2) is 11.7. The number of ether oxygens (including phenoxy) is 1. The number of aliphatic hydroxyl groups is 1. The highest BCUT2D eigenvalue weighted by Crippen LogP contribution is 2.24. The lowest BCUT2D eigenvalue weighted by molar-refractivity contribution is 0.0386. The maximum Gasteiger partial charge on any atom is 0.224 e. The van der Waals surface area contributed by atoms with Gasteiger partial charge in [-0.25, -0.2) is 14.4 Å². The normalized spacial score (nSPS) is 13.1. The first-order valence-electron chi connectivity index (χ1n) is 9.64. The zero-order chi connectivity index (χ0) is 21.4. The van der Waals surface area contributed by atoms with Crippen molar-refractivity contribution in [3.8, 4) is 11.6 Å². The number of pyridine rings is 1. The van der Waals surface area contributed by atoms with Gasteiger partial charge in [0, 0.05) is 24.4 Å². The van der Waals surface area contributed by atoms with Gasteiger partial charge < -0.3 is 24.9 Å². The Labute approximate surface area is 197 Å². The number of nitrogens with one attached hydrogen (secondary N) is 2. The summed E-state index contributed by atoms with van der Waals surface area (Å²) in [4.78, 5) is 8.79. The number of aliphatic imine (C=N–C) groups is 1. The van der Waals surface area contributed by atoms with Gasteiger partial charge in [-0.05, 0) is 44.2 Å². The molecule has 0 aliphatic rings. The highest BCUT2D eigenvalue weighted by molar-refractivity contribution is 14.0. The molecular formula is C22H26FIN4O3. The Balaban J connectivity index is 0.00000341. The third-order valence-corrected chi connectivity index (χ3v) is 4.26. The van der Waals surface area contributed by atoms with Crippen molar-refractivity contribution in [3.05, 3.63) is 78.1 Å². The van der Waals surface area contributed by atoms with E-state index in [0.29, 0.717) is 29.9 Å². The molecule has 7 nitrogen and oxygen atoms in total.